The van der Waals surface area contributed by atoms with E-state index in [9.17, 15) is 9.18 Å². The van der Waals surface area contributed by atoms with Crippen LogP contribution >= 0.6 is 15.9 Å². The van der Waals surface area contributed by atoms with Crippen LogP contribution in [-0.4, -0.2) is 29.1 Å². The molecule has 0 aliphatic heterocycles. The first-order chi connectivity index (χ1) is 21.7. The number of ether oxygens (including phenoxy) is 3. The first-order valence-electron chi connectivity index (χ1n) is 14.9. The predicted octanol–water partition coefficient (Wildman–Crippen LogP) is 8.66. The summed E-state index contributed by atoms with van der Waals surface area (Å²) in [5, 5.41) is 5.15. The van der Waals surface area contributed by atoms with Gasteiger partial charge in [0.15, 0.2) is 17.3 Å². The van der Waals surface area contributed by atoms with E-state index in [-0.39, 0.29) is 23.9 Å². The van der Waals surface area contributed by atoms with Gasteiger partial charge >= 0.3 is 0 Å². The van der Waals surface area contributed by atoms with Crippen LogP contribution in [0.3, 0.4) is 0 Å². The minimum Gasteiger partial charge on any atom is -0.494 e. The van der Waals surface area contributed by atoms with Crippen molar-refractivity contribution in [3.8, 4) is 28.6 Å². The molecule has 0 spiro atoms. The number of hydrogen-bond donors (Lipinski definition) is 0. The Balaban J connectivity index is 1.59. The summed E-state index contributed by atoms with van der Waals surface area (Å²) in [6.07, 6.45) is 1.60. The Morgan fingerprint density at radius 1 is 0.956 bits per heavy atom. The molecular formula is C36H35BrFN3O4. The number of fused-ring (bicyclic) bond motifs is 1. The van der Waals surface area contributed by atoms with Gasteiger partial charge < -0.3 is 14.2 Å². The third-order valence-corrected chi connectivity index (χ3v) is 7.81. The van der Waals surface area contributed by atoms with Gasteiger partial charge in [-0.15, -0.1) is 0 Å². The second-order valence-electron chi connectivity index (χ2n) is 10.8. The normalized spacial score (nSPS) is 11.5. The Bertz CT molecular complexity index is 1920. The van der Waals surface area contributed by atoms with Crippen LogP contribution in [0, 0.1) is 12.7 Å². The van der Waals surface area contributed by atoms with E-state index in [4.69, 9.17) is 19.2 Å². The number of halogens is 2. The van der Waals surface area contributed by atoms with Crippen molar-refractivity contribution in [1.29, 1.82) is 0 Å². The van der Waals surface area contributed by atoms with Gasteiger partial charge in [0.25, 0.3) is 5.56 Å². The molecule has 5 aromatic rings. The maximum Gasteiger partial charge on any atom is 0.282 e. The molecule has 4 aromatic carbocycles. The Labute approximate surface area is 270 Å². The number of rotatable bonds is 11. The number of hydrogen-bond acceptors (Lipinski definition) is 6. The van der Waals surface area contributed by atoms with Crippen LogP contribution < -0.4 is 19.8 Å². The van der Waals surface area contributed by atoms with Crippen molar-refractivity contribution in [1.82, 2.24) is 9.66 Å². The van der Waals surface area contributed by atoms with Gasteiger partial charge in [0, 0.05) is 5.56 Å². The summed E-state index contributed by atoms with van der Waals surface area (Å²) in [6, 6.07) is 21.1. The SMILES string of the molecule is CCOc1cc(C)c(-c2nc3ccccc3c(=O)n2N=Cc2cc(Br)c(OCc3ccc(F)cc3)c(OCC)c2)cc1C(C)C. The molecule has 7 nitrogen and oxygen atoms in total. The number of para-hydroxylation sites is 1. The molecule has 1 aromatic heterocycles. The molecule has 45 heavy (non-hydrogen) atoms. The fourth-order valence-corrected chi connectivity index (χ4v) is 5.58. The summed E-state index contributed by atoms with van der Waals surface area (Å²) >= 11 is 3.61. The third kappa shape index (κ3) is 7.09. The highest BCUT2D eigenvalue weighted by atomic mass is 79.9. The average Bonchev–Trinajstić information content (AvgIpc) is 3.01. The monoisotopic (exact) mass is 671 g/mol. The number of aryl methyl sites for hydroxylation is 1. The van der Waals surface area contributed by atoms with Crippen molar-refractivity contribution < 1.29 is 18.6 Å². The first-order valence-corrected chi connectivity index (χ1v) is 15.7. The third-order valence-electron chi connectivity index (χ3n) is 7.22. The second kappa shape index (κ2) is 14.1. The van der Waals surface area contributed by atoms with Crippen molar-refractivity contribution in [2.24, 2.45) is 5.10 Å². The van der Waals surface area contributed by atoms with Crippen LogP contribution in [-0.2, 0) is 6.61 Å². The van der Waals surface area contributed by atoms with E-state index in [2.05, 4.69) is 34.9 Å². The van der Waals surface area contributed by atoms with Crippen molar-refractivity contribution >= 4 is 33.0 Å². The van der Waals surface area contributed by atoms with Crippen LogP contribution in [0.2, 0.25) is 0 Å². The van der Waals surface area contributed by atoms with Gasteiger partial charge in [-0.3, -0.25) is 4.79 Å². The van der Waals surface area contributed by atoms with Gasteiger partial charge in [-0.25, -0.2) is 9.37 Å². The van der Waals surface area contributed by atoms with Crippen LogP contribution in [0.25, 0.3) is 22.3 Å². The number of nitrogens with zero attached hydrogens (tertiary/aromatic N) is 3. The molecule has 0 aliphatic rings. The largest absolute Gasteiger partial charge is 0.494 e. The van der Waals surface area contributed by atoms with Crippen LogP contribution in [0.1, 0.15) is 55.9 Å². The molecule has 0 bridgehead atoms. The van der Waals surface area contributed by atoms with Crippen molar-refractivity contribution in [3.63, 3.8) is 0 Å². The Kier molecular flexibility index (Phi) is 9.98. The van der Waals surface area contributed by atoms with Crippen LogP contribution in [0.15, 0.2) is 87.2 Å². The van der Waals surface area contributed by atoms with Crippen LogP contribution in [0.5, 0.6) is 17.2 Å². The summed E-state index contributed by atoms with van der Waals surface area (Å²) < 4.78 is 33.2. The lowest BCUT2D eigenvalue weighted by Gasteiger charge is -2.18. The zero-order valence-corrected chi connectivity index (χ0v) is 27.5. The van der Waals surface area contributed by atoms with E-state index in [1.807, 2.05) is 57.2 Å². The second-order valence-corrected chi connectivity index (χ2v) is 11.6. The van der Waals surface area contributed by atoms with E-state index >= 15 is 0 Å². The molecule has 1 heterocycles. The van der Waals surface area contributed by atoms with Gasteiger partial charge in [0.05, 0.1) is 34.8 Å². The van der Waals surface area contributed by atoms with Crippen LogP contribution in [0.4, 0.5) is 4.39 Å². The lowest BCUT2D eigenvalue weighted by Crippen LogP contribution is -2.21. The molecule has 0 N–H and O–H groups in total. The lowest BCUT2D eigenvalue weighted by atomic mass is 9.96. The van der Waals surface area contributed by atoms with E-state index in [1.54, 1.807) is 30.5 Å². The highest BCUT2D eigenvalue weighted by molar-refractivity contribution is 9.10. The standard InChI is InChI=1S/C36H35BrFN3O4/c1-6-43-32-16-23(5)29(19-28(32)22(3)4)35-40-31-11-9-8-10-27(31)36(42)41(35)39-20-25-17-30(37)34(33(18-25)44-7-2)45-21-24-12-14-26(38)15-13-24/h8-20,22H,6-7,21H2,1-5H3. The van der Waals surface area contributed by atoms with E-state index in [0.717, 1.165) is 28.0 Å². The molecule has 0 saturated heterocycles. The number of benzene rings is 4. The number of aromatic nitrogens is 2. The van der Waals surface area contributed by atoms with E-state index < -0.39 is 0 Å². The zero-order chi connectivity index (χ0) is 32.1. The maximum atomic E-state index is 13.9. The summed E-state index contributed by atoms with van der Waals surface area (Å²) in [5.74, 6) is 2.15. The van der Waals surface area contributed by atoms with Gasteiger partial charge in [-0.05, 0) is 113 Å². The van der Waals surface area contributed by atoms with Gasteiger partial charge in [0.2, 0.25) is 0 Å². The topological polar surface area (TPSA) is 74.9 Å². The average molecular weight is 673 g/mol. The predicted molar refractivity (Wildman–Crippen MR) is 180 cm³/mol. The molecule has 0 unspecified atom stereocenters. The smallest absolute Gasteiger partial charge is 0.282 e. The molecule has 0 aliphatic carbocycles. The maximum absolute atomic E-state index is 13.9. The Morgan fingerprint density at radius 2 is 1.67 bits per heavy atom. The van der Waals surface area contributed by atoms with Gasteiger partial charge in [-0.1, -0.05) is 38.1 Å². The van der Waals surface area contributed by atoms with Crippen molar-refractivity contribution in [3.05, 3.63) is 116 Å². The minimum atomic E-state index is -0.305. The van der Waals surface area contributed by atoms with Gasteiger partial charge in [0.1, 0.15) is 18.2 Å². The summed E-state index contributed by atoms with van der Waals surface area (Å²) in [7, 11) is 0. The fraction of sp³-hybridized carbons (Fsp3) is 0.250. The first kappa shape index (κ1) is 31.9. The fourth-order valence-electron chi connectivity index (χ4n) is 5.00. The van der Waals surface area contributed by atoms with E-state index in [0.29, 0.717) is 51.5 Å². The van der Waals surface area contributed by atoms with Crippen molar-refractivity contribution in [2.75, 3.05) is 13.2 Å². The van der Waals surface area contributed by atoms with E-state index in [1.165, 1.54) is 16.8 Å². The summed E-state index contributed by atoms with van der Waals surface area (Å²) in [5.41, 5.74) is 4.54. The molecule has 0 atom stereocenters. The molecule has 0 fully saturated rings. The Morgan fingerprint density at radius 3 is 2.38 bits per heavy atom. The molecule has 5 rings (SSSR count). The molecule has 0 saturated carbocycles. The highest BCUT2D eigenvalue weighted by Gasteiger charge is 2.19. The molecule has 0 amide bonds. The molecular weight excluding hydrogens is 637 g/mol. The molecule has 232 valence electrons. The minimum absolute atomic E-state index is 0.188. The Hall–Kier alpha value is -4.50. The molecule has 9 heteroatoms. The highest BCUT2D eigenvalue weighted by Crippen LogP contribution is 2.38. The quantitative estimate of drug-likeness (QED) is 0.131. The van der Waals surface area contributed by atoms with Crippen molar-refractivity contribution in [2.45, 2.75) is 47.1 Å². The molecule has 0 radical (unpaired) electrons. The lowest BCUT2D eigenvalue weighted by molar-refractivity contribution is 0.267. The zero-order valence-electron chi connectivity index (χ0n) is 25.9. The summed E-state index contributed by atoms with van der Waals surface area (Å²) in [4.78, 5) is 18.8. The van der Waals surface area contributed by atoms with Gasteiger partial charge in [-0.2, -0.15) is 9.78 Å². The summed E-state index contributed by atoms with van der Waals surface area (Å²) in [6.45, 7) is 11.2.